The first-order valence-corrected chi connectivity index (χ1v) is 12.5. The number of esters is 2. The highest BCUT2D eigenvalue weighted by atomic mass is 16.7. The van der Waals surface area contributed by atoms with E-state index >= 15 is 0 Å². The van der Waals surface area contributed by atoms with Gasteiger partial charge in [-0.2, -0.15) is 0 Å². The molecule has 4 saturated heterocycles. The van der Waals surface area contributed by atoms with Gasteiger partial charge in [0.1, 0.15) is 48.1 Å². The molecule has 5 N–H and O–H groups in total. The van der Waals surface area contributed by atoms with E-state index in [1.54, 1.807) is 13.8 Å². The van der Waals surface area contributed by atoms with Crippen molar-refractivity contribution in [2.45, 2.75) is 99.8 Å². The summed E-state index contributed by atoms with van der Waals surface area (Å²) in [6.45, 7) is 4.52. The lowest BCUT2D eigenvalue weighted by Gasteiger charge is -2.53. The molecule has 0 aromatic rings. The zero-order chi connectivity index (χ0) is 26.4. The number of aliphatic hydroxyl groups is 5. The standard InChI is InChI=1S/C24H30O13/c1-6(32-20-12(29)11(28)10(27)7(5-25)33-20)17-24-8(4-9(26)34-17)22(2)15-13(19(24)37-24)36-21(31)23(15,3)16(30)14-18(22)35-14/h4,6-7,10-20,25,27-30H,5H2,1-3H3/t6-,7+,10+,11-,12+,13-,14+,15+,16-,17?,18+,19?,20+,22+,23+,24+/m0/s1. The molecule has 7 rings (SSSR count). The molecular formula is C24H30O13. The molecule has 0 radical (unpaired) electrons. The van der Waals surface area contributed by atoms with Gasteiger partial charge in [-0.15, -0.1) is 0 Å². The van der Waals surface area contributed by atoms with E-state index in [9.17, 15) is 35.1 Å². The van der Waals surface area contributed by atoms with Gasteiger partial charge in [-0.25, -0.2) is 4.79 Å². The zero-order valence-corrected chi connectivity index (χ0v) is 20.3. The van der Waals surface area contributed by atoms with E-state index in [0.717, 1.165) is 0 Å². The van der Waals surface area contributed by atoms with Crippen molar-refractivity contribution in [2.24, 2.45) is 16.7 Å². The van der Waals surface area contributed by atoms with E-state index in [1.165, 1.54) is 6.08 Å². The van der Waals surface area contributed by atoms with Crippen LogP contribution in [0.5, 0.6) is 0 Å². The third-order valence-electron chi connectivity index (χ3n) is 9.88. The van der Waals surface area contributed by atoms with E-state index in [0.29, 0.717) is 5.57 Å². The van der Waals surface area contributed by atoms with E-state index in [2.05, 4.69) is 0 Å². The molecule has 2 saturated carbocycles. The van der Waals surface area contributed by atoms with Gasteiger partial charge in [-0.05, 0) is 19.4 Å². The van der Waals surface area contributed by atoms with Gasteiger partial charge in [0.2, 0.25) is 0 Å². The summed E-state index contributed by atoms with van der Waals surface area (Å²) in [5.41, 5.74) is -2.75. The number of hydrogen-bond acceptors (Lipinski definition) is 13. The van der Waals surface area contributed by atoms with Crippen LogP contribution in [0.1, 0.15) is 20.8 Å². The second-order valence-corrected chi connectivity index (χ2v) is 11.7. The summed E-state index contributed by atoms with van der Waals surface area (Å²) in [6.07, 6.45) is -11.6. The number of fused-ring (bicyclic) bond motifs is 4. The van der Waals surface area contributed by atoms with E-state index in [4.69, 9.17) is 28.4 Å². The van der Waals surface area contributed by atoms with Gasteiger partial charge in [0.15, 0.2) is 18.0 Å². The molecule has 37 heavy (non-hydrogen) atoms. The Hall–Kier alpha value is -1.68. The highest BCUT2D eigenvalue weighted by molar-refractivity contribution is 5.88. The quantitative estimate of drug-likeness (QED) is 0.182. The smallest absolute Gasteiger partial charge is 0.331 e. The molecule has 0 aromatic carbocycles. The molecule has 0 amide bonds. The van der Waals surface area contributed by atoms with E-state index in [-0.39, 0.29) is 0 Å². The second-order valence-electron chi connectivity index (χ2n) is 11.7. The molecule has 16 atom stereocenters. The first-order valence-electron chi connectivity index (χ1n) is 12.5. The maximum absolute atomic E-state index is 13.1. The summed E-state index contributed by atoms with van der Waals surface area (Å²) in [6, 6.07) is 0. The third kappa shape index (κ3) is 2.70. The Kier molecular flexibility index (Phi) is 4.80. The number of cyclic esters (lactones) is 1. The molecule has 5 aliphatic heterocycles. The van der Waals surface area contributed by atoms with Crippen LogP contribution >= 0.6 is 0 Å². The average molecular weight is 526 g/mol. The Morgan fingerprint density at radius 3 is 2.41 bits per heavy atom. The third-order valence-corrected chi connectivity index (χ3v) is 9.88. The van der Waals surface area contributed by atoms with Crippen molar-refractivity contribution >= 4 is 11.9 Å². The normalized spacial score (nSPS) is 59.6. The minimum Gasteiger partial charge on any atom is -0.459 e. The van der Waals surface area contributed by atoms with Crippen LogP contribution in [-0.2, 0) is 38.0 Å². The minimum absolute atomic E-state index is 0.459. The maximum atomic E-state index is 13.1. The van der Waals surface area contributed by atoms with E-state index < -0.39 is 114 Å². The molecule has 0 bridgehead atoms. The monoisotopic (exact) mass is 526 g/mol. The van der Waals surface area contributed by atoms with Gasteiger partial charge in [-0.3, -0.25) is 4.79 Å². The summed E-state index contributed by atoms with van der Waals surface area (Å²) in [7, 11) is 0. The number of aliphatic hydroxyl groups excluding tert-OH is 5. The number of epoxide rings is 2. The van der Waals surface area contributed by atoms with Crippen molar-refractivity contribution in [3.8, 4) is 0 Å². The Bertz CT molecular complexity index is 1090. The van der Waals surface area contributed by atoms with Crippen molar-refractivity contribution in [2.75, 3.05) is 6.61 Å². The maximum Gasteiger partial charge on any atom is 0.331 e. The topological polar surface area (TPSA) is 197 Å². The van der Waals surface area contributed by atoms with Gasteiger partial charge in [0, 0.05) is 17.4 Å². The Labute approximate surface area is 210 Å². The van der Waals surface area contributed by atoms with Gasteiger partial charge in [-0.1, -0.05) is 6.92 Å². The number of carbonyl (C=O) groups is 2. The molecule has 7 aliphatic rings. The molecule has 204 valence electrons. The number of ether oxygens (including phenoxy) is 6. The lowest BCUT2D eigenvalue weighted by atomic mass is 9.46. The first kappa shape index (κ1) is 24.4. The lowest BCUT2D eigenvalue weighted by molar-refractivity contribution is -0.317. The summed E-state index contributed by atoms with van der Waals surface area (Å²) < 4.78 is 35.0. The number of rotatable bonds is 4. The van der Waals surface area contributed by atoms with Crippen LogP contribution in [0.15, 0.2) is 11.6 Å². The zero-order valence-electron chi connectivity index (χ0n) is 20.3. The number of hydrogen-bond donors (Lipinski definition) is 5. The lowest BCUT2D eigenvalue weighted by Crippen LogP contribution is -2.66. The van der Waals surface area contributed by atoms with Gasteiger partial charge in [0.05, 0.1) is 24.9 Å². The SMILES string of the molecule is C[C@H](O[C@@H]1O[C@H](CO)[C@@H](O)[C@H](O)[C@H]1O)C1OC(=O)C=C2[C@@]13OC3[C@H]1OC(=O)[C@]3(C)[C@H]1[C@]2(C)[C@@H]1O[C@@H]1[C@@H]3O. The van der Waals surface area contributed by atoms with Crippen LogP contribution in [0.4, 0.5) is 0 Å². The fourth-order valence-electron chi connectivity index (χ4n) is 8.02. The van der Waals surface area contributed by atoms with Crippen LogP contribution in [-0.4, -0.2) is 123 Å². The summed E-state index contributed by atoms with van der Waals surface area (Å²) >= 11 is 0. The fourth-order valence-corrected chi connectivity index (χ4v) is 8.02. The molecule has 2 aliphatic carbocycles. The Morgan fingerprint density at radius 1 is 0.973 bits per heavy atom. The minimum atomic E-state index is -1.65. The Morgan fingerprint density at radius 2 is 1.70 bits per heavy atom. The van der Waals surface area contributed by atoms with Crippen LogP contribution in [0.2, 0.25) is 0 Å². The van der Waals surface area contributed by atoms with E-state index in [1.807, 2.05) is 6.92 Å². The van der Waals surface area contributed by atoms with Gasteiger partial charge >= 0.3 is 11.9 Å². The molecular weight excluding hydrogens is 496 g/mol. The van der Waals surface area contributed by atoms with Crippen molar-refractivity contribution < 1.29 is 63.5 Å². The largest absolute Gasteiger partial charge is 0.459 e. The van der Waals surface area contributed by atoms with Crippen molar-refractivity contribution in [1.29, 1.82) is 0 Å². The van der Waals surface area contributed by atoms with Gasteiger partial charge < -0.3 is 54.0 Å². The van der Waals surface area contributed by atoms with Crippen LogP contribution in [0, 0.1) is 16.7 Å². The second kappa shape index (κ2) is 7.29. The predicted molar refractivity (Wildman–Crippen MR) is 114 cm³/mol. The molecule has 13 nitrogen and oxygen atoms in total. The van der Waals surface area contributed by atoms with Crippen LogP contribution in [0.3, 0.4) is 0 Å². The molecule has 2 unspecified atom stereocenters. The fraction of sp³-hybridized carbons (Fsp3) is 0.833. The summed E-state index contributed by atoms with van der Waals surface area (Å²) in [4.78, 5) is 26.0. The van der Waals surface area contributed by atoms with Crippen molar-refractivity contribution in [3.05, 3.63) is 11.6 Å². The van der Waals surface area contributed by atoms with Crippen molar-refractivity contribution in [1.82, 2.24) is 0 Å². The Balaban J connectivity index is 1.24. The highest BCUT2D eigenvalue weighted by Crippen LogP contribution is 2.75. The first-order chi connectivity index (χ1) is 17.4. The molecule has 1 spiro atoms. The molecule has 5 heterocycles. The van der Waals surface area contributed by atoms with Gasteiger partial charge in [0.25, 0.3) is 0 Å². The summed E-state index contributed by atoms with van der Waals surface area (Å²) in [5, 5.41) is 51.1. The number of carbonyl (C=O) groups excluding carboxylic acids is 2. The van der Waals surface area contributed by atoms with Crippen molar-refractivity contribution in [3.63, 3.8) is 0 Å². The van der Waals surface area contributed by atoms with Crippen LogP contribution in [0.25, 0.3) is 0 Å². The average Bonchev–Trinajstić information content (AvgIpc) is 3.77. The molecule has 6 fully saturated rings. The predicted octanol–water partition coefficient (Wildman–Crippen LogP) is -3.11. The molecule has 13 heteroatoms. The van der Waals surface area contributed by atoms with Crippen LogP contribution < -0.4 is 0 Å². The summed E-state index contributed by atoms with van der Waals surface area (Å²) in [5.74, 6) is -1.71. The highest BCUT2D eigenvalue weighted by Gasteiger charge is 2.89. The molecule has 0 aromatic heterocycles.